The van der Waals surface area contributed by atoms with Crippen molar-refractivity contribution < 1.29 is 5.11 Å². The van der Waals surface area contributed by atoms with Crippen molar-refractivity contribution in [2.24, 2.45) is 29.6 Å². The lowest BCUT2D eigenvalue weighted by atomic mass is 9.50. The molecule has 4 bridgehead atoms. The summed E-state index contributed by atoms with van der Waals surface area (Å²) >= 11 is 1.78. The molecule has 4 aliphatic rings. The molecular formula is C19H22OS. The zero-order valence-corrected chi connectivity index (χ0v) is 13.1. The van der Waals surface area contributed by atoms with Gasteiger partial charge in [-0.1, -0.05) is 18.2 Å². The van der Waals surface area contributed by atoms with Crippen molar-refractivity contribution in [1.82, 2.24) is 0 Å². The molecule has 6 rings (SSSR count). The number of benzene rings is 1. The van der Waals surface area contributed by atoms with Gasteiger partial charge in [-0.25, -0.2) is 0 Å². The molecule has 1 aromatic carbocycles. The molecule has 2 heteroatoms. The van der Waals surface area contributed by atoms with E-state index < -0.39 is 0 Å². The molecule has 1 N–H and O–H groups in total. The van der Waals surface area contributed by atoms with Gasteiger partial charge in [-0.2, -0.15) is 0 Å². The molecule has 1 nitrogen and oxygen atoms in total. The summed E-state index contributed by atoms with van der Waals surface area (Å²) in [6, 6.07) is 8.55. The zero-order valence-electron chi connectivity index (χ0n) is 12.2. The molecule has 110 valence electrons. The molecule has 1 atom stereocenters. The van der Waals surface area contributed by atoms with E-state index >= 15 is 0 Å². The largest absolute Gasteiger partial charge is 0.388 e. The third-order valence-corrected chi connectivity index (χ3v) is 7.48. The Labute approximate surface area is 130 Å². The SMILES string of the molecule is OC(c1csc2ccccc12)C1C2CC3CC(C2)CC1C3. The highest BCUT2D eigenvalue weighted by atomic mass is 32.1. The normalized spacial score (nSPS) is 39.0. The molecule has 0 saturated heterocycles. The smallest absolute Gasteiger partial charge is 0.0837 e. The predicted octanol–water partition coefficient (Wildman–Crippen LogP) is 5.01. The fourth-order valence-corrected chi connectivity index (χ4v) is 6.91. The van der Waals surface area contributed by atoms with E-state index in [0.717, 1.165) is 23.7 Å². The highest BCUT2D eigenvalue weighted by Crippen LogP contribution is 2.59. The van der Waals surface area contributed by atoms with E-state index in [1.807, 2.05) is 0 Å². The fraction of sp³-hybridized carbons (Fsp3) is 0.579. The van der Waals surface area contributed by atoms with Gasteiger partial charge in [0.2, 0.25) is 0 Å². The summed E-state index contributed by atoms with van der Waals surface area (Å²) in [5.41, 5.74) is 1.20. The first-order chi connectivity index (χ1) is 10.3. The van der Waals surface area contributed by atoms with E-state index in [0.29, 0.717) is 5.92 Å². The lowest BCUT2D eigenvalue weighted by Gasteiger charge is -2.55. The van der Waals surface area contributed by atoms with Gasteiger partial charge in [0.15, 0.2) is 0 Å². The summed E-state index contributed by atoms with van der Waals surface area (Å²) < 4.78 is 1.32. The molecular weight excluding hydrogens is 276 g/mol. The number of thiophene rings is 1. The van der Waals surface area contributed by atoms with Gasteiger partial charge in [-0.15, -0.1) is 11.3 Å². The predicted molar refractivity (Wildman–Crippen MR) is 87.3 cm³/mol. The van der Waals surface area contributed by atoms with Crippen LogP contribution in [-0.4, -0.2) is 5.11 Å². The van der Waals surface area contributed by atoms with Gasteiger partial charge in [0.25, 0.3) is 0 Å². The number of rotatable bonds is 2. The van der Waals surface area contributed by atoms with Crippen LogP contribution < -0.4 is 0 Å². The minimum Gasteiger partial charge on any atom is -0.388 e. The first-order valence-electron chi connectivity index (χ1n) is 8.44. The van der Waals surface area contributed by atoms with Crippen molar-refractivity contribution in [2.75, 3.05) is 0 Å². The molecule has 0 amide bonds. The van der Waals surface area contributed by atoms with Crippen LogP contribution in [0.2, 0.25) is 0 Å². The average Bonchev–Trinajstić information content (AvgIpc) is 2.89. The summed E-state index contributed by atoms with van der Waals surface area (Å²) in [5, 5.41) is 14.6. The van der Waals surface area contributed by atoms with Crippen LogP contribution in [0.4, 0.5) is 0 Å². The van der Waals surface area contributed by atoms with Crippen LogP contribution in [0.1, 0.15) is 43.8 Å². The van der Waals surface area contributed by atoms with Gasteiger partial charge in [0.05, 0.1) is 6.10 Å². The molecule has 1 aromatic heterocycles. The highest BCUT2D eigenvalue weighted by Gasteiger charge is 2.50. The number of aliphatic hydroxyl groups excluding tert-OH is 1. The van der Waals surface area contributed by atoms with E-state index in [2.05, 4.69) is 29.6 Å². The van der Waals surface area contributed by atoms with Crippen molar-refractivity contribution in [3.05, 3.63) is 35.2 Å². The zero-order chi connectivity index (χ0) is 14.0. The molecule has 2 aromatic rings. The molecule has 0 radical (unpaired) electrons. The summed E-state index contributed by atoms with van der Waals surface area (Å²) in [4.78, 5) is 0. The molecule has 4 aliphatic carbocycles. The Hall–Kier alpha value is -0.860. The number of hydrogen-bond acceptors (Lipinski definition) is 2. The van der Waals surface area contributed by atoms with Gasteiger partial charge in [0, 0.05) is 4.70 Å². The van der Waals surface area contributed by atoms with Crippen molar-refractivity contribution in [2.45, 2.75) is 38.2 Å². The Morgan fingerprint density at radius 2 is 1.62 bits per heavy atom. The van der Waals surface area contributed by atoms with Gasteiger partial charge < -0.3 is 5.11 Å². The molecule has 21 heavy (non-hydrogen) atoms. The number of hydrogen-bond donors (Lipinski definition) is 1. The van der Waals surface area contributed by atoms with Crippen molar-refractivity contribution in [1.29, 1.82) is 0 Å². The fourth-order valence-electron chi connectivity index (χ4n) is 5.92. The van der Waals surface area contributed by atoms with E-state index in [1.54, 1.807) is 11.3 Å². The van der Waals surface area contributed by atoms with Crippen molar-refractivity contribution >= 4 is 21.4 Å². The molecule has 4 saturated carbocycles. The first-order valence-corrected chi connectivity index (χ1v) is 9.31. The van der Waals surface area contributed by atoms with Crippen LogP contribution in [0, 0.1) is 29.6 Å². The van der Waals surface area contributed by atoms with Crippen LogP contribution in [0.5, 0.6) is 0 Å². The molecule has 4 fully saturated rings. The molecule has 0 aliphatic heterocycles. The third-order valence-electron chi connectivity index (χ3n) is 6.49. The van der Waals surface area contributed by atoms with E-state index in [1.165, 1.54) is 47.8 Å². The van der Waals surface area contributed by atoms with Crippen LogP contribution in [0.25, 0.3) is 10.1 Å². The van der Waals surface area contributed by atoms with E-state index in [-0.39, 0.29) is 6.10 Å². The van der Waals surface area contributed by atoms with Crippen LogP contribution >= 0.6 is 11.3 Å². The van der Waals surface area contributed by atoms with Gasteiger partial charge in [-0.05, 0) is 84.1 Å². The number of fused-ring (bicyclic) bond motifs is 1. The third kappa shape index (κ3) is 1.85. The second kappa shape index (κ2) is 4.57. The Balaban J connectivity index is 1.52. The lowest BCUT2D eigenvalue weighted by Crippen LogP contribution is -2.47. The van der Waals surface area contributed by atoms with E-state index in [4.69, 9.17) is 0 Å². The summed E-state index contributed by atoms with van der Waals surface area (Å²) in [7, 11) is 0. The Morgan fingerprint density at radius 3 is 2.33 bits per heavy atom. The molecule has 1 heterocycles. The van der Waals surface area contributed by atoms with Gasteiger partial charge in [0.1, 0.15) is 0 Å². The van der Waals surface area contributed by atoms with Crippen molar-refractivity contribution in [3.8, 4) is 0 Å². The monoisotopic (exact) mass is 298 g/mol. The first kappa shape index (κ1) is 12.7. The highest BCUT2D eigenvalue weighted by molar-refractivity contribution is 7.17. The van der Waals surface area contributed by atoms with Gasteiger partial charge in [-0.3, -0.25) is 0 Å². The number of aliphatic hydroxyl groups is 1. The Morgan fingerprint density at radius 1 is 0.952 bits per heavy atom. The topological polar surface area (TPSA) is 20.2 Å². The second-order valence-corrected chi connectivity index (χ2v) is 8.55. The quantitative estimate of drug-likeness (QED) is 0.826. The van der Waals surface area contributed by atoms with Gasteiger partial charge >= 0.3 is 0 Å². The van der Waals surface area contributed by atoms with E-state index in [9.17, 15) is 5.11 Å². The standard InChI is InChI=1S/C19H22OS/c20-19(16-10-21-17-4-2-1-3-15(16)17)18-13-6-11-5-12(8-13)9-14(18)7-11/h1-4,10-14,18-20H,5-9H2. The van der Waals surface area contributed by atoms with Crippen LogP contribution in [0.15, 0.2) is 29.6 Å². The Bertz CT molecular complexity index is 645. The maximum Gasteiger partial charge on any atom is 0.0837 e. The van der Waals surface area contributed by atoms with Crippen molar-refractivity contribution in [3.63, 3.8) is 0 Å². The lowest BCUT2D eigenvalue weighted by molar-refractivity contribution is -0.0903. The molecule has 0 spiro atoms. The van der Waals surface area contributed by atoms with Crippen LogP contribution in [-0.2, 0) is 0 Å². The summed E-state index contributed by atoms with van der Waals surface area (Å²) in [6.07, 6.45) is 6.79. The maximum absolute atomic E-state index is 11.1. The minimum absolute atomic E-state index is 0.240. The summed E-state index contributed by atoms with van der Waals surface area (Å²) in [6.45, 7) is 0. The van der Waals surface area contributed by atoms with Crippen LogP contribution in [0.3, 0.4) is 0 Å². The minimum atomic E-state index is -0.240. The average molecular weight is 298 g/mol. The second-order valence-electron chi connectivity index (χ2n) is 7.64. The Kier molecular flexibility index (Phi) is 2.75. The summed E-state index contributed by atoms with van der Waals surface area (Å²) in [5.74, 6) is 4.06. The molecule has 1 unspecified atom stereocenters. The maximum atomic E-state index is 11.1.